The Bertz CT molecular complexity index is 922. The summed E-state index contributed by atoms with van der Waals surface area (Å²) >= 11 is 0. The average Bonchev–Trinajstić information content (AvgIpc) is 3.08. The Hall–Kier alpha value is -2.93. The van der Waals surface area contributed by atoms with Gasteiger partial charge in [0.05, 0.1) is 0 Å². The van der Waals surface area contributed by atoms with Gasteiger partial charge in [-0.3, -0.25) is 0 Å². The SMILES string of the molecule is CCC#Cc1n[nH]nc1-c1ccc(-c2cccc(C(C)(C)F)c2)cc1. The van der Waals surface area contributed by atoms with Crippen LogP contribution < -0.4 is 0 Å². The van der Waals surface area contributed by atoms with E-state index in [1.54, 1.807) is 13.8 Å². The van der Waals surface area contributed by atoms with Crippen LogP contribution in [0.3, 0.4) is 0 Å². The number of hydrogen-bond acceptors (Lipinski definition) is 2. The Morgan fingerprint density at radius 3 is 2.40 bits per heavy atom. The molecular weight excluding hydrogens is 313 g/mol. The van der Waals surface area contributed by atoms with Gasteiger partial charge in [-0.2, -0.15) is 10.3 Å². The third kappa shape index (κ3) is 3.77. The van der Waals surface area contributed by atoms with E-state index in [0.717, 1.165) is 28.8 Å². The van der Waals surface area contributed by atoms with E-state index in [1.807, 2.05) is 55.5 Å². The summed E-state index contributed by atoms with van der Waals surface area (Å²) < 4.78 is 14.2. The highest BCUT2D eigenvalue weighted by atomic mass is 19.1. The van der Waals surface area contributed by atoms with Crippen molar-refractivity contribution in [3.05, 3.63) is 59.8 Å². The lowest BCUT2D eigenvalue weighted by Crippen LogP contribution is -2.08. The van der Waals surface area contributed by atoms with Gasteiger partial charge in [-0.25, -0.2) is 4.39 Å². The molecule has 126 valence electrons. The molecule has 0 unspecified atom stereocenters. The van der Waals surface area contributed by atoms with Crippen LogP contribution in [0.1, 0.15) is 38.4 Å². The molecule has 0 saturated heterocycles. The van der Waals surface area contributed by atoms with E-state index in [1.165, 1.54) is 0 Å². The third-order valence-electron chi connectivity index (χ3n) is 3.97. The fraction of sp³-hybridized carbons (Fsp3) is 0.238. The summed E-state index contributed by atoms with van der Waals surface area (Å²) in [5.41, 5.74) is 3.66. The Kier molecular flexibility index (Phi) is 4.67. The maximum Gasteiger partial charge on any atom is 0.163 e. The van der Waals surface area contributed by atoms with Crippen LogP contribution in [0.5, 0.6) is 0 Å². The molecule has 3 nitrogen and oxygen atoms in total. The monoisotopic (exact) mass is 333 g/mol. The van der Waals surface area contributed by atoms with Gasteiger partial charge in [0.1, 0.15) is 11.4 Å². The van der Waals surface area contributed by atoms with E-state index >= 15 is 0 Å². The third-order valence-corrected chi connectivity index (χ3v) is 3.97. The number of aromatic nitrogens is 3. The van der Waals surface area contributed by atoms with Crippen LogP contribution >= 0.6 is 0 Å². The molecule has 0 radical (unpaired) electrons. The summed E-state index contributed by atoms with van der Waals surface area (Å²) in [6.45, 7) is 5.13. The summed E-state index contributed by atoms with van der Waals surface area (Å²) in [6.07, 6.45) is 0.770. The number of nitrogens with zero attached hydrogens (tertiary/aromatic N) is 2. The van der Waals surface area contributed by atoms with Crippen LogP contribution in [0.2, 0.25) is 0 Å². The molecule has 0 fully saturated rings. The second-order valence-electron chi connectivity index (χ2n) is 6.31. The second kappa shape index (κ2) is 6.90. The van der Waals surface area contributed by atoms with E-state index in [-0.39, 0.29) is 0 Å². The first kappa shape index (κ1) is 16.9. The summed E-state index contributed by atoms with van der Waals surface area (Å²) in [7, 11) is 0. The first-order valence-corrected chi connectivity index (χ1v) is 8.29. The molecule has 3 rings (SSSR count). The maximum atomic E-state index is 14.2. The molecule has 0 amide bonds. The van der Waals surface area contributed by atoms with Gasteiger partial charge in [0.15, 0.2) is 5.69 Å². The molecule has 4 heteroatoms. The largest absolute Gasteiger partial charge is 0.239 e. The minimum Gasteiger partial charge on any atom is -0.239 e. The van der Waals surface area contributed by atoms with Crippen LogP contribution in [-0.4, -0.2) is 15.4 Å². The van der Waals surface area contributed by atoms with Crippen molar-refractivity contribution in [1.29, 1.82) is 0 Å². The van der Waals surface area contributed by atoms with E-state index in [2.05, 4.69) is 27.3 Å². The molecule has 0 bridgehead atoms. The van der Waals surface area contributed by atoms with Crippen molar-refractivity contribution in [2.45, 2.75) is 32.9 Å². The molecule has 1 aromatic heterocycles. The maximum absolute atomic E-state index is 14.2. The lowest BCUT2D eigenvalue weighted by molar-refractivity contribution is 0.221. The molecule has 0 saturated carbocycles. The molecule has 0 spiro atoms. The zero-order valence-corrected chi connectivity index (χ0v) is 14.6. The van der Waals surface area contributed by atoms with Crippen molar-refractivity contribution in [2.75, 3.05) is 0 Å². The Morgan fingerprint density at radius 2 is 1.72 bits per heavy atom. The second-order valence-corrected chi connectivity index (χ2v) is 6.31. The van der Waals surface area contributed by atoms with Crippen molar-refractivity contribution in [3.63, 3.8) is 0 Å². The Balaban J connectivity index is 1.93. The number of nitrogens with one attached hydrogen (secondary N) is 1. The molecule has 0 aliphatic carbocycles. The van der Waals surface area contributed by atoms with Gasteiger partial charge in [-0.05, 0) is 42.5 Å². The zero-order chi connectivity index (χ0) is 17.9. The average molecular weight is 333 g/mol. The van der Waals surface area contributed by atoms with Gasteiger partial charge in [-0.1, -0.05) is 55.3 Å². The predicted octanol–water partition coefficient (Wildman–Crippen LogP) is 5.10. The number of benzene rings is 2. The van der Waals surface area contributed by atoms with Crippen LogP contribution in [0.25, 0.3) is 22.4 Å². The van der Waals surface area contributed by atoms with Crippen LogP contribution in [-0.2, 0) is 5.67 Å². The number of hydrogen-bond donors (Lipinski definition) is 1. The summed E-state index contributed by atoms with van der Waals surface area (Å²) in [6, 6.07) is 15.6. The number of rotatable bonds is 3. The molecular formula is C21H20FN3. The van der Waals surface area contributed by atoms with Gasteiger partial charge in [0.25, 0.3) is 0 Å². The van der Waals surface area contributed by atoms with E-state index in [9.17, 15) is 4.39 Å². The molecule has 1 N–H and O–H groups in total. The van der Waals surface area contributed by atoms with Crippen molar-refractivity contribution in [2.24, 2.45) is 0 Å². The predicted molar refractivity (Wildman–Crippen MR) is 98.6 cm³/mol. The van der Waals surface area contributed by atoms with Crippen LogP contribution in [0.15, 0.2) is 48.5 Å². The minimum atomic E-state index is -1.36. The van der Waals surface area contributed by atoms with Crippen molar-refractivity contribution >= 4 is 0 Å². The van der Waals surface area contributed by atoms with Crippen molar-refractivity contribution in [3.8, 4) is 34.2 Å². The quantitative estimate of drug-likeness (QED) is 0.677. The van der Waals surface area contributed by atoms with Crippen LogP contribution in [0, 0.1) is 11.8 Å². The first-order chi connectivity index (χ1) is 12.0. The number of halogens is 1. The van der Waals surface area contributed by atoms with Gasteiger partial charge >= 0.3 is 0 Å². The smallest absolute Gasteiger partial charge is 0.163 e. The van der Waals surface area contributed by atoms with Crippen LogP contribution in [0.4, 0.5) is 4.39 Å². The minimum absolute atomic E-state index is 0.649. The lowest BCUT2D eigenvalue weighted by atomic mass is 9.95. The highest BCUT2D eigenvalue weighted by Crippen LogP contribution is 2.30. The topological polar surface area (TPSA) is 41.6 Å². The summed E-state index contributed by atoms with van der Waals surface area (Å²) in [5.74, 6) is 6.03. The summed E-state index contributed by atoms with van der Waals surface area (Å²) in [4.78, 5) is 0. The van der Waals surface area contributed by atoms with Gasteiger partial charge in [0.2, 0.25) is 0 Å². The molecule has 0 atom stereocenters. The fourth-order valence-electron chi connectivity index (χ4n) is 2.58. The molecule has 3 aromatic rings. The number of alkyl halides is 1. The molecule has 25 heavy (non-hydrogen) atoms. The lowest BCUT2D eigenvalue weighted by Gasteiger charge is -2.15. The number of aromatic amines is 1. The zero-order valence-electron chi connectivity index (χ0n) is 14.6. The highest BCUT2D eigenvalue weighted by molar-refractivity contribution is 5.71. The van der Waals surface area contributed by atoms with Crippen molar-refractivity contribution in [1.82, 2.24) is 15.4 Å². The van der Waals surface area contributed by atoms with Gasteiger partial charge in [-0.15, -0.1) is 5.10 Å². The highest BCUT2D eigenvalue weighted by Gasteiger charge is 2.18. The molecule has 0 aliphatic rings. The van der Waals surface area contributed by atoms with E-state index in [0.29, 0.717) is 11.3 Å². The Labute approximate surface area is 147 Å². The first-order valence-electron chi connectivity index (χ1n) is 8.29. The summed E-state index contributed by atoms with van der Waals surface area (Å²) in [5, 5.41) is 10.9. The number of H-pyrrole nitrogens is 1. The standard InChI is InChI=1S/C21H20FN3/c1-4-5-9-19-20(24-25-23-19)16-12-10-15(11-13-16)17-7-6-8-18(14-17)21(2,3)22/h6-8,10-14H,4H2,1-3H3,(H,23,24,25). The van der Waals surface area contributed by atoms with Crippen molar-refractivity contribution < 1.29 is 4.39 Å². The fourth-order valence-corrected chi connectivity index (χ4v) is 2.58. The molecule has 2 aromatic carbocycles. The molecule has 1 heterocycles. The van der Waals surface area contributed by atoms with E-state index < -0.39 is 5.67 Å². The van der Waals surface area contributed by atoms with E-state index in [4.69, 9.17) is 0 Å². The Morgan fingerprint density at radius 1 is 1.00 bits per heavy atom. The normalized spacial score (nSPS) is 11.0. The van der Waals surface area contributed by atoms with Gasteiger partial charge < -0.3 is 0 Å². The van der Waals surface area contributed by atoms with Gasteiger partial charge in [0, 0.05) is 12.0 Å². The molecule has 0 aliphatic heterocycles.